The minimum Gasteiger partial charge on any atom is -0.395 e. The quantitative estimate of drug-likeness (QED) is 0.843. The Balaban J connectivity index is 1.61. The molecule has 104 valence electrons. The molecule has 2 N–H and O–H groups in total. The molecule has 1 unspecified atom stereocenters. The van der Waals surface area contributed by atoms with Gasteiger partial charge < -0.3 is 10.4 Å². The Bertz CT molecular complexity index is 417. The molecule has 1 fully saturated rings. The number of aliphatic hydroxyl groups excluding tert-OH is 1. The van der Waals surface area contributed by atoms with Crippen LogP contribution in [-0.4, -0.2) is 41.8 Å². The number of nitrogens with zero attached hydrogens (tertiary/aromatic N) is 1. The van der Waals surface area contributed by atoms with Crippen molar-refractivity contribution < 1.29 is 5.11 Å². The van der Waals surface area contributed by atoms with Gasteiger partial charge >= 0.3 is 0 Å². The van der Waals surface area contributed by atoms with Gasteiger partial charge in [0.25, 0.3) is 0 Å². The van der Waals surface area contributed by atoms with Crippen LogP contribution in [0.2, 0.25) is 0 Å². The zero-order chi connectivity index (χ0) is 13.1. The fraction of sp³-hybridized carbons (Fsp3) is 0.625. The largest absolute Gasteiger partial charge is 0.395 e. The van der Waals surface area contributed by atoms with Crippen molar-refractivity contribution in [2.24, 2.45) is 0 Å². The van der Waals surface area contributed by atoms with Crippen LogP contribution < -0.4 is 5.32 Å². The molecule has 1 aliphatic carbocycles. The molecule has 1 atom stereocenters. The van der Waals surface area contributed by atoms with E-state index in [0.717, 1.165) is 19.6 Å². The Hall–Kier alpha value is -0.900. The van der Waals surface area contributed by atoms with Gasteiger partial charge in [0.2, 0.25) is 0 Å². The molecular weight excluding hydrogens is 236 g/mol. The predicted molar refractivity (Wildman–Crippen MR) is 77.1 cm³/mol. The minimum atomic E-state index is 0.234. The highest BCUT2D eigenvalue weighted by atomic mass is 16.3. The van der Waals surface area contributed by atoms with E-state index in [1.807, 2.05) is 0 Å². The Morgan fingerprint density at radius 1 is 1.26 bits per heavy atom. The first-order valence-electron chi connectivity index (χ1n) is 7.51. The molecule has 0 radical (unpaired) electrons. The second-order valence-electron chi connectivity index (χ2n) is 5.93. The highest BCUT2D eigenvalue weighted by Crippen LogP contribution is 2.21. The molecule has 3 heteroatoms. The van der Waals surface area contributed by atoms with Gasteiger partial charge in [-0.15, -0.1) is 0 Å². The maximum Gasteiger partial charge on any atom is 0.0597 e. The number of aryl methyl sites for hydroxylation is 1. The molecule has 0 bridgehead atoms. The Morgan fingerprint density at radius 2 is 2.05 bits per heavy atom. The third-order valence-corrected chi connectivity index (χ3v) is 4.18. The molecule has 1 saturated carbocycles. The van der Waals surface area contributed by atoms with Gasteiger partial charge in [0.15, 0.2) is 0 Å². The zero-order valence-electron chi connectivity index (χ0n) is 11.5. The van der Waals surface area contributed by atoms with E-state index in [1.165, 1.54) is 36.8 Å². The first-order valence-corrected chi connectivity index (χ1v) is 7.51. The summed E-state index contributed by atoms with van der Waals surface area (Å²) in [5.74, 6) is 0. The van der Waals surface area contributed by atoms with Gasteiger partial charge in [-0.1, -0.05) is 24.3 Å². The molecule has 1 heterocycles. The molecule has 3 rings (SSSR count). The summed E-state index contributed by atoms with van der Waals surface area (Å²) in [5.41, 5.74) is 2.96. The molecule has 19 heavy (non-hydrogen) atoms. The number of nitrogens with one attached hydrogen (secondary N) is 1. The SMILES string of the molecule is OCC(CN1CCCc2ccccc2C1)NC1CC1. The van der Waals surface area contributed by atoms with Crippen LogP contribution in [-0.2, 0) is 13.0 Å². The number of hydrogen-bond donors (Lipinski definition) is 2. The van der Waals surface area contributed by atoms with Gasteiger partial charge in [0, 0.05) is 25.2 Å². The molecule has 1 aromatic rings. The summed E-state index contributed by atoms with van der Waals surface area (Å²) >= 11 is 0. The average Bonchev–Trinajstić information content (AvgIpc) is 3.24. The molecular formula is C16H24N2O. The number of aliphatic hydroxyl groups is 1. The summed E-state index contributed by atoms with van der Waals surface area (Å²) in [6.45, 7) is 3.37. The lowest BCUT2D eigenvalue weighted by atomic mass is 10.0. The molecule has 0 amide bonds. The van der Waals surface area contributed by atoms with Crippen LogP contribution in [0.15, 0.2) is 24.3 Å². The molecule has 0 spiro atoms. The first kappa shape index (κ1) is 13.1. The van der Waals surface area contributed by atoms with Gasteiger partial charge in [0.1, 0.15) is 0 Å². The van der Waals surface area contributed by atoms with Crippen molar-refractivity contribution in [3.8, 4) is 0 Å². The van der Waals surface area contributed by atoms with E-state index in [-0.39, 0.29) is 12.6 Å². The fourth-order valence-electron chi connectivity index (χ4n) is 2.98. The summed E-state index contributed by atoms with van der Waals surface area (Å²) < 4.78 is 0. The highest BCUT2D eigenvalue weighted by molar-refractivity contribution is 5.28. The third-order valence-electron chi connectivity index (χ3n) is 4.18. The average molecular weight is 260 g/mol. The number of hydrogen-bond acceptors (Lipinski definition) is 3. The van der Waals surface area contributed by atoms with Gasteiger partial charge in [-0.25, -0.2) is 0 Å². The predicted octanol–water partition coefficient (Wildman–Crippen LogP) is 1.55. The van der Waals surface area contributed by atoms with E-state index >= 15 is 0 Å². The third kappa shape index (κ3) is 3.56. The van der Waals surface area contributed by atoms with Crippen molar-refractivity contribution in [1.82, 2.24) is 10.2 Å². The number of fused-ring (bicyclic) bond motifs is 1. The smallest absolute Gasteiger partial charge is 0.0597 e. The van der Waals surface area contributed by atoms with Crippen LogP contribution in [0.5, 0.6) is 0 Å². The summed E-state index contributed by atoms with van der Waals surface area (Å²) in [6, 6.07) is 9.67. The summed E-state index contributed by atoms with van der Waals surface area (Å²) in [6.07, 6.45) is 4.96. The van der Waals surface area contributed by atoms with E-state index < -0.39 is 0 Å². The lowest BCUT2D eigenvalue weighted by Gasteiger charge is -2.26. The molecule has 0 saturated heterocycles. The van der Waals surface area contributed by atoms with Crippen molar-refractivity contribution in [2.75, 3.05) is 19.7 Å². The van der Waals surface area contributed by atoms with Crippen LogP contribution in [0.1, 0.15) is 30.4 Å². The Labute approximate surface area is 115 Å². The van der Waals surface area contributed by atoms with E-state index in [0.29, 0.717) is 6.04 Å². The van der Waals surface area contributed by atoms with Gasteiger partial charge in [-0.05, 0) is 43.4 Å². The van der Waals surface area contributed by atoms with Crippen LogP contribution in [0.3, 0.4) is 0 Å². The topological polar surface area (TPSA) is 35.5 Å². The lowest BCUT2D eigenvalue weighted by molar-refractivity contribution is 0.176. The van der Waals surface area contributed by atoms with Crippen LogP contribution in [0.25, 0.3) is 0 Å². The normalized spacial score (nSPS) is 21.7. The van der Waals surface area contributed by atoms with Crippen molar-refractivity contribution in [3.05, 3.63) is 35.4 Å². The summed E-state index contributed by atoms with van der Waals surface area (Å²) in [5, 5.41) is 13.1. The second-order valence-corrected chi connectivity index (χ2v) is 5.93. The molecule has 2 aliphatic rings. The van der Waals surface area contributed by atoms with Crippen molar-refractivity contribution in [3.63, 3.8) is 0 Å². The van der Waals surface area contributed by atoms with Crippen molar-refractivity contribution in [1.29, 1.82) is 0 Å². The molecule has 0 aromatic heterocycles. The van der Waals surface area contributed by atoms with E-state index in [4.69, 9.17) is 0 Å². The molecule has 1 aliphatic heterocycles. The Kier molecular flexibility index (Phi) is 4.16. The van der Waals surface area contributed by atoms with Crippen LogP contribution in [0, 0.1) is 0 Å². The molecule has 3 nitrogen and oxygen atoms in total. The van der Waals surface area contributed by atoms with E-state index in [1.54, 1.807) is 0 Å². The van der Waals surface area contributed by atoms with Crippen molar-refractivity contribution in [2.45, 2.75) is 44.3 Å². The second kappa shape index (κ2) is 6.04. The van der Waals surface area contributed by atoms with Crippen LogP contribution in [0.4, 0.5) is 0 Å². The van der Waals surface area contributed by atoms with E-state index in [2.05, 4.69) is 34.5 Å². The van der Waals surface area contributed by atoms with Gasteiger partial charge in [-0.2, -0.15) is 0 Å². The monoisotopic (exact) mass is 260 g/mol. The van der Waals surface area contributed by atoms with Gasteiger partial charge in [0.05, 0.1) is 6.61 Å². The van der Waals surface area contributed by atoms with Crippen molar-refractivity contribution >= 4 is 0 Å². The van der Waals surface area contributed by atoms with Crippen LogP contribution >= 0.6 is 0 Å². The maximum absolute atomic E-state index is 9.51. The standard InChI is InChI=1S/C16H24N2O/c19-12-16(17-15-7-8-15)11-18-9-3-6-13-4-1-2-5-14(13)10-18/h1-2,4-5,15-17,19H,3,6-12H2. The summed E-state index contributed by atoms with van der Waals surface area (Å²) in [7, 11) is 0. The first-order chi connectivity index (χ1) is 9.35. The molecule has 1 aromatic carbocycles. The summed E-state index contributed by atoms with van der Waals surface area (Å²) in [4.78, 5) is 2.49. The zero-order valence-corrected chi connectivity index (χ0v) is 11.5. The van der Waals surface area contributed by atoms with E-state index in [9.17, 15) is 5.11 Å². The lowest BCUT2D eigenvalue weighted by Crippen LogP contribution is -2.44. The fourth-order valence-corrected chi connectivity index (χ4v) is 2.98. The Morgan fingerprint density at radius 3 is 2.79 bits per heavy atom. The minimum absolute atomic E-state index is 0.234. The maximum atomic E-state index is 9.51. The number of rotatable bonds is 5. The highest BCUT2D eigenvalue weighted by Gasteiger charge is 2.25. The number of benzene rings is 1. The van der Waals surface area contributed by atoms with Gasteiger partial charge in [-0.3, -0.25) is 4.90 Å².